The van der Waals surface area contributed by atoms with Crippen molar-refractivity contribution >= 4 is 18.0 Å². The highest BCUT2D eigenvalue weighted by Crippen LogP contribution is 2.08. The van der Waals surface area contributed by atoms with Crippen molar-refractivity contribution in [1.29, 1.82) is 0 Å². The maximum absolute atomic E-state index is 12.5. The summed E-state index contributed by atoms with van der Waals surface area (Å²) < 4.78 is 9.76. The number of aliphatic hydroxyl groups excluding tert-OH is 1. The number of carbonyl (C=O) groups is 3. The molecule has 8 heteroatoms. The molecule has 0 spiro atoms. The van der Waals surface area contributed by atoms with Gasteiger partial charge in [0.05, 0.1) is 13.2 Å². The Labute approximate surface area is 159 Å². The fourth-order valence-corrected chi connectivity index (χ4v) is 2.39. The van der Waals surface area contributed by atoms with Gasteiger partial charge < -0.3 is 25.2 Å². The van der Waals surface area contributed by atoms with Gasteiger partial charge in [-0.3, -0.25) is 4.79 Å². The Bertz CT molecular complexity index is 618. The number of amides is 2. The van der Waals surface area contributed by atoms with E-state index in [2.05, 4.69) is 10.6 Å². The van der Waals surface area contributed by atoms with E-state index in [4.69, 9.17) is 9.47 Å². The number of alkyl carbamates (subject to hydrolysis) is 1. The topological polar surface area (TPSA) is 114 Å². The molecule has 3 N–H and O–H groups in total. The van der Waals surface area contributed by atoms with Crippen LogP contribution in [0.2, 0.25) is 0 Å². The molecule has 0 fully saturated rings. The SMILES string of the molecule is COC(=O)[C@H](CC(C)C)NC(=O)[C@@H](NC(=O)OCc1ccccc1)[C@@H](C)O. The van der Waals surface area contributed by atoms with Crippen molar-refractivity contribution in [2.45, 2.75) is 52.0 Å². The summed E-state index contributed by atoms with van der Waals surface area (Å²) in [5.41, 5.74) is 0.786. The lowest BCUT2D eigenvalue weighted by molar-refractivity contribution is -0.146. The third-order valence-corrected chi connectivity index (χ3v) is 3.76. The molecule has 3 atom stereocenters. The fraction of sp³-hybridized carbons (Fsp3) is 0.526. The van der Waals surface area contributed by atoms with Crippen molar-refractivity contribution in [2.24, 2.45) is 5.92 Å². The quantitative estimate of drug-likeness (QED) is 0.558. The predicted molar refractivity (Wildman–Crippen MR) is 98.6 cm³/mol. The third kappa shape index (κ3) is 8.08. The first-order chi connectivity index (χ1) is 12.7. The van der Waals surface area contributed by atoms with E-state index in [0.717, 1.165) is 5.56 Å². The normalized spacial score (nSPS) is 14.0. The van der Waals surface area contributed by atoms with Gasteiger partial charge in [0, 0.05) is 0 Å². The maximum atomic E-state index is 12.5. The Morgan fingerprint density at radius 1 is 1.07 bits per heavy atom. The molecule has 0 radical (unpaired) electrons. The van der Waals surface area contributed by atoms with E-state index in [-0.39, 0.29) is 12.5 Å². The van der Waals surface area contributed by atoms with Crippen molar-refractivity contribution in [1.82, 2.24) is 10.6 Å². The summed E-state index contributed by atoms with van der Waals surface area (Å²) >= 11 is 0. The first kappa shape index (κ1) is 22.4. The molecule has 150 valence electrons. The average molecular weight is 380 g/mol. The van der Waals surface area contributed by atoms with Crippen molar-refractivity contribution in [2.75, 3.05) is 7.11 Å². The van der Waals surface area contributed by atoms with Crippen LogP contribution in [0.15, 0.2) is 30.3 Å². The highest BCUT2D eigenvalue weighted by molar-refractivity contribution is 5.90. The Morgan fingerprint density at radius 3 is 2.22 bits per heavy atom. The summed E-state index contributed by atoms with van der Waals surface area (Å²) in [4.78, 5) is 36.3. The molecule has 2 amide bonds. The molecule has 8 nitrogen and oxygen atoms in total. The third-order valence-electron chi connectivity index (χ3n) is 3.76. The van der Waals surface area contributed by atoms with Crippen molar-refractivity contribution in [3.63, 3.8) is 0 Å². The van der Waals surface area contributed by atoms with Crippen LogP contribution in [-0.2, 0) is 25.7 Å². The monoisotopic (exact) mass is 380 g/mol. The second kappa shape index (κ2) is 11.2. The van der Waals surface area contributed by atoms with E-state index in [1.165, 1.54) is 14.0 Å². The second-order valence-electron chi connectivity index (χ2n) is 6.64. The van der Waals surface area contributed by atoms with Gasteiger partial charge in [-0.05, 0) is 24.8 Å². The van der Waals surface area contributed by atoms with Crippen molar-refractivity contribution in [3.8, 4) is 0 Å². The maximum Gasteiger partial charge on any atom is 0.408 e. The summed E-state index contributed by atoms with van der Waals surface area (Å²) in [5.74, 6) is -1.16. The number of benzene rings is 1. The van der Waals surface area contributed by atoms with Gasteiger partial charge in [-0.25, -0.2) is 9.59 Å². The summed E-state index contributed by atoms with van der Waals surface area (Å²) in [7, 11) is 1.23. The van der Waals surface area contributed by atoms with E-state index >= 15 is 0 Å². The molecule has 1 aromatic rings. The zero-order valence-corrected chi connectivity index (χ0v) is 16.1. The molecule has 0 aliphatic carbocycles. The molecule has 27 heavy (non-hydrogen) atoms. The molecule has 0 aliphatic rings. The van der Waals surface area contributed by atoms with Crippen LogP contribution >= 0.6 is 0 Å². The summed E-state index contributed by atoms with van der Waals surface area (Å²) in [5, 5.41) is 14.7. The van der Waals surface area contributed by atoms with Gasteiger partial charge in [-0.15, -0.1) is 0 Å². The number of hydrogen-bond donors (Lipinski definition) is 3. The highest BCUT2D eigenvalue weighted by Gasteiger charge is 2.30. The van der Waals surface area contributed by atoms with Crippen molar-refractivity contribution < 1.29 is 29.0 Å². The predicted octanol–water partition coefficient (Wildman–Crippen LogP) is 1.37. The van der Waals surface area contributed by atoms with E-state index < -0.39 is 36.2 Å². The Hall–Kier alpha value is -2.61. The fourth-order valence-electron chi connectivity index (χ4n) is 2.39. The molecular weight excluding hydrogens is 352 g/mol. The molecule has 0 unspecified atom stereocenters. The first-order valence-electron chi connectivity index (χ1n) is 8.78. The lowest BCUT2D eigenvalue weighted by atomic mass is 10.0. The number of esters is 1. The lowest BCUT2D eigenvalue weighted by Crippen LogP contribution is -2.56. The van der Waals surface area contributed by atoms with Crippen LogP contribution in [0.25, 0.3) is 0 Å². The minimum Gasteiger partial charge on any atom is -0.467 e. The molecule has 1 rings (SSSR count). The lowest BCUT2D eigenvalue weighted by Gasteiger charge is -2.24. The molecule has 0 aliphatic heterocycles. The standard InChI is InChI=1S/C19H28N2O6/c1-12(2)10-15(18(24)26-4)20-17(23)16(13(3)22)21-19(25)27-11-14-8-6-5-7-9-14/h5-9,12-13,15-16,22H,10-11H2,1-4H3,(H,20,23)(H,21,25)/t13-,15+,16+/m1/s1. The number of carbonyl (C=O) groups excluding carboxylic acids is 3. The van der Waals surface area contributed by atoms with Gasteiger partial charge in [0.2, 0.25) is 5.91 Å². The largest absolute Gasteiger partial charge is 0.467 e. The number of hydrogen-bond acceptors (Lipinski definition) is 6. The molecule has 0 bridgehead atoms. The number of rotatable bonds is 9. The van der Waals surface area contributed by atoms with E-state index in [9.17, 15) is 19.5 Å². The highest BCUT2D eigenvalue weighted by atomic mass is 16.5. The van der Waals surface area contributed by atoms with Gasteiger partial charge in [-0.2, -0.15) is 0 Å². The van der Waals surface area contributed by atoms with Crippen LogP contribution in [0.5, 0.6) is 0 Å². The van der Waals surface area contributed by atoms with Crippen LogP contribution in [0.1, 0.15) is 32.8 Å². The van der Waals surface area contributed by atoms with Crippen LogP contribution in [-0.4, -0.2) is 48.4 Å². The second-order valence-corrected chi connectivity index (χ2v) is 6.64. The number of nitrogens with one attached hydrogen (secondary N) is 2. The summed E-state index contributed by atoms with van der Waals surface area (Å²) in [6.07, 6.45) is -1.67. The van der Waals surface area contributed by atoms with Crippen LogP contribution in [0.4, 0.5) is 4.79 Å². The smallest absolute Gasteiger partial charge is 0.408 e. The average Bonchev–Trinajstić information content (AvgIpc) is 2.63. The van der Waals surface area contributed by atoms with Crippen molar-refractivity contribution in [3.05, 3.63) is 35.9 Å². The summed E-state index contributed by atoms with van der Waals surface area (Å²) in [6, 6.07) is 6.90. The van der Waals surface area contributed by atoms with E-state index in [1.54, 1.807) is 12.1 Å². The van der Waals surface area contributed by atoms with Gasteiger partial charge in [0.1, 0.15) is 18.7 Å². The molecule has 0 saturated heterocycles. The molecule has 1 aromatic carbocycles. The molecular formula is C19H28N2O6. The molecule has 0 saturated carbocycles. The molecule has 0 aromatic heterocycles. The van der Waals surface area contributed by atoms with E-state index in [1.807, 2.05) is 32.0 Å². The Morgan fingerprint density at radius 2 is 1.70 bits per heavy atom. The van der Waals surface area contributed by atoms with Crippen LogP contribution in [0.3, 0.4) is 0 Å². The van der Waals surface area contributed by atoms with Crippen LogP contribution in [0, 0.1) is 5.92 Å². The molecule has 0 heterocycles. The Balaban J connectivity index is 2.68. The van der Waals surface area contributed by atoms with Gasteiger partial charge >= 0.3 is 12.1 Å². The van der Waals surface area contributed by atoms with Gasteiger partial charge in [-0.1, -0.05) is 44.2 Å². The van der Waals surface area contributed by atoms with Crippen LogP contribution < -0.4 is 10.6 Å². The van der Waals surface area contributed by atoms with Gasteiger partial charge in [0.25, 0.3) is 0 Å². The number of ether oxygens (including phenoxy) is 2. The minimum absolute atomic E-state index is 0.0267. The number of aliphatic hydroxyl groups is 1. The van der Waals surface area contributed by atoms with Gasteiger partial charge in [0.15, 0.2) is 0 Å². The Kier molecular flexibility index (Phi) is 9.29. The zero-order valence-electron chi connectivity index (χ0n) is 16.1. The first-order valence-corrected chi connectivity index (χ1v) is 8.78. The summed E-state index contributed by atoms with van der Waals surface area (Å²) in [6.45, 7) is 5.18. The zero-order chi connectivity index (χ0) is 20.4. The number of methoxy groups -OCH3 is 1. The minimum atomic E-state index is -1.27. The van der Waals surface area contributed by atoms with E-state index in [0.29, 0.717) is 6.42 Å².